The van der Waals surface area contributed by atoms with Gasteiger partial charge < -0.3 is 0 Å². The molecule has 1 heterocycles. The van der Waals surface area contributed by atoms with Gasteiger partial charge in [0.2, 0.25) is 5.69 Å². The number of hydrogen-bond donors (Lipinski definition) is 0. The van der Waals surface area contributed by atoms with Gasteiger partial charge in [-0.3, -0.25) is 0 Å². The van der Waals surface area contributed by atoms with Crippen molar-refractivity contribution in [1.82, 2.24) is 0 Å². The van der Waals surface area contributed by atoms with Crippen LogP contribution >= 0.6 is 0 Å². The summed E-state index contributed by atoms with van der Waals surface area (Å²) in [7, 11) is 1.62. The highest BCUT2D eigenvalue weighted by Gasteiger charge is 2.31. The third-order valence-electron chi connectivity index (χ3n) is 3.61. The Hall–Kier alpha value is -1.84. The van der Waals surface area contributed by atoms with E-state index in [1.165, 1.54) is 25.3 Å². The number of benzene rings is 1. The van der Waals surface area contributed by atoms with Crippen molar-refractivity contribution in [3.8, 4) is 11.3 Å². The van der Waals surface area contributed by atoms with Gasteiger partial charge in [0.15, 0.2) is 6.20 Å². The second kappa shape index (κ2) is 6.23. The molecule has 24 heavy (non-hydrogen) atoms. The van der Waals surface area contributed by atoms with Crippen LogP contribution in [0.1, 0.15) is 49.9 Å². The van der Waals surface area contributed by atoms with Crippen molar-refractivity contribution in [2.45, 2.75) is 47.1 Å². The molecule has 1 aromatic carbocycles. The Morgan fingerprint density at radius 3 is 2.29 bits per heavy atom. The Morgan fingerprint density at radius 1 is 1.12 bits per heavy atom. The van der Waals surface area contributed by atoms with E-state index >= 15 is 0 Å². The summed E-state index contributed by atoms with van der Waals surface area (Å²) in [6.07, 6.45) is -4.98. The van der Waals surface area contributed by atoms with Crippen molar-refractivity contribution in [3.63, 3.8) is 0 Å². The smallest absolute Gasteiger partial charge is 0.201 e. The van der Waals surface area contributed by atoms with Crippen molar-refractivity contribution in [2.24, 2.45) is 12.5 Å². The molecule has 2 rings (SSSR count). The van der Waals surface area contributed by atoms with Gasteiger partial charge in [-0.2, -0.15) is 13.2 Å². The third-order valence-corrected chi connectivity index (χ3v) is 3.61. The van der Waals surface area contributed by atoms with E-state index in [1.54, 1.807) is 32.4 Å². The predicted molar refractivity (Wildman–Crippen MR) is 90.7 cm³/mol. The van der Waals surface area contributed by atoms with Crippen LogP contribution in [0.5, 0.6) is 0 Å². The lowest BCUT2D eigenvalue weighted by Gasteiger charge is -2.19. The SMILES string of the molecule is [2H]C([2H])([2H])c1cc(-c2ccc(C(F)(F)F)cc2C)[n+](C)cc1C([2H])([2H])C(C)(C)C. The summed E-state index contributed by atoms with van der Waals surface area (Å²) in [5.74, 6) is 0. The molecular formula is C20H25F3N+. The first-order valence-corrected chi connectivity index (χ1v) is 7.60. The van der Waals surface area contributed by atoms with Crippen molar-refractivity contribution >= 4 is 0 Å². The predicted octanol–water partition coefficient (Wildman–Crippen LogP) is 5.40. The van der Waals surface area contributed by atoms with Crippen LogP contribution in [0.4, 0.5) is 13.2 Å². The van der Waals surface area contributed by atoms with Crippen LogP contribution in [-0.2, 0) is 19.6 Å². The van der Waals surface area contributed by atoms with E-state index in [9.17, 15) is 13.2 Å². The van der Waals surface area contributed by atoms with Gasteiger partial charge in [0.1, 0.15) is 7.05 Å². The van der Waals surface area contributed by atoms with Gasteiger partial charge in [0, 0.05) is 24.0 Å². The fourth-order valence-electron chi connectivity index (χ4n) is 2.55. The van der Waals surface area contributed by atoms with Gasteiger partial charge in [-0.1, -0.05) is 20.8 Å². The lowest BCUT2D eigenvalue weighted by atomic mass is 9.87. The minimum atomic E-state index is -4.47. The topological polar surface area (TPSA) is 3.88 Å². The molecular weight excluding hydrogens is 311 g/mol. The van der Waals surface area contributed by atoms with E-state index in [4.69, 9.17) is 6.85 Å². The summed E-state index contributed by atoms with van der Waals surface area (Å²) in [4.78, 5) is 0. The molecule has 0 N–H and O–H groups in total. The first kappa shape index (κ1) is 12.5. The lowest BCUT2D eigenvalue weighted by molar-refractivity contribution is -0.660. The summed E-state index contributed by atoms with van der Waals surface area (Å²) >= 11 is 0. The van der Waals surface area contributed by atoms with Crippen molar-refractivity contribution < 1.29 is 24.6 Å². The maximum absolute atomic E-state index is 13.0. The molecule has 2 aromatic rings. The van der Waals surface area contributed by atoms with Gasteiger partial charge in [-0.15, -0.1) is 0 Å². The quantitative estimate of drug-likeness (QED) is 0.644. The maximum Gasteiger partial charge on any atom is 0.416 e. The standard InChI is InChI=1S/C20H25F3N/c1-13-10-18(24(6)12-15(13)11-19(3,4)5)17-8-7-16(9-14(17)2)20(21,22)23/h7-10,12H,11H2,1-6H3/q+1/i1D3,11D2. The fraction of sp³-hybridized carbons (Fsp3) is 0.450. The fourth-order valence-corrected chi connectivity index (χ4v) is 2.55. The molecule has 0 amide bonds. The van der Waals surface area contributed by atoms with E-state index in [-0.39, 0.29) is 11.1 Å². The van der Waals surface area contributed by atoms with Crippen LogP contribution < -0.4 is 4.57 Å². The van der Waals surface area contributed by atoms with Gasteiger partial charge in [-0.25, -0.2) is 4.57 Å². The molecule has 0 saturated carbocycles. The molecule has 0 spiro atoms. The van der Waals surface area contributed by atoms with Crippen LogP contribution in [0.3, 0.4) is 0 Å². The summed E-state index contributed by atoms with van der Waals surface area (Å²) in [5.41, 5.74) is -0.557. The number of hydrogen-bond acceptors (Lipinski definition) is 0. The number of pyridine rings is 1. The van der Waals surface area contributed by atoms with Crippen molar-refractivity contribution in [1.29, 1.82) is 0 Å². The number of halogens is 3. The minimum absolute atomic E-state index is 0.0424. The Morgan fingerprint density at radius 2 is 1.79 bits per heavy atom. The van der Waals surface area contributed by atoms with Crippen molar-refractivity contribution in [3.05, 3.63) is 52.7 Å². The Bertz CT molecular complexity index is 925. The van der Waals surface area contributed by atoms with Gasteiger partial charge >= 0.3 is 6.18 Å². The van der Waals surface area contributed by atoms with E-state index < -0.39 is 30.4 Å². The molecule has 0 fully saturated rings. The number of rotatable bonds is 2. The molecule has 0 radical (unpaired) electrons. The molecule has 1 aromatic heterocycles. The molecule has 0 aliphatic heterocycles. The molecule has 0 bridgehead atoms. The monoisotopic (exact) mass is 341 g/mol. The number of nitrogens with zero attached hydrogens (tertiary/aromatic N) is 1. The van der Waals surface area contributed by atoms with E-state index in [2.05, 4.69) is 0 Å². The average Bonchev–Trinajstić information content (AvgIpc) is 2.51. The largest absolute Gasteiger partial charge is 0.416 e. The zero-order valence-corrected chi connectivity index (χ0v) is 14.5. The van der Waals surface area contributed by atoms with Crippen LogP contribution in [0, 0.1) is 19.2 Å². The zero-order valence-electron chi connectivity index (χ0n) is 19.5. The second-order valence-corrected chi connectivity index (χ2v) is 7.00. The van der Waals surface area contributed by atoms with Crippen molar-refractivity contribution in [2.75, 3.05) is 0 Å². The summed E-state index contributed by atoms with van der Waals surface area (Å²) in [6, 6.07) is 4.66. The maximum atomic E-state index is 13.0. The molecule has 0 unspecified atom stereocenters. The van der Waals surface area contributed by atoms with E-state index in [0.717, 1.165) is 12.1 Å². The minimum Gasteiger partial charge on any atom is -0.201 e. The lowest BCUT2D eigenvalue weighted by Crippen LogP contribution is -2.32. The van der Waals surface area contributed by atoms with Crippen LogP contribution in [0.2, 0.25) is 0 Å². The first-order chi connectivity index (χ1) is 12.9. The Kier molecular flexibility index (Phi) is 3.25. The second-order valence-electron chi connectivity index (χ2n) is 7.00. The zero-order chi connectivity index (χ0) is 22.6. The molecule has 0 aliphatic rings. The third kappa shape index (κ3) is 4.16. The summed E-state index contributed by atoms with van der Waals surface area (Å²) in [5, 5.41) is 0. The highest BCUT2D eigenvalue weighted by atomic mass is 19.4. The highest BCUT2D eigenvalue weighted by Crippen LogP contribution is 2.33. The van der Waals surface area contributed by atoms with Crippen LogP contribution in [0.25, 0.3) is 11.3 Å². The van der Waals surface area contributed by atoms with E-state index in [1.807, 2.05) is 0 Å². The first-order valence-electron chi connectivity index (χ1n) is 10.1. The molecule has 0 aliphatic carbocycles. The number of aromatic nitrogens is 1. The normalized spacial score (nSPS) is 16.8. The average molecular weight is 341 g/mol. The van der Waals surface area contributed by atoms with Gasteiger partial charge in [0.05, 0.1) is 5.56 Å². The highest BCUT2D eigenvalue weighted by molar-refractivity contribution is 5.62. The number of aryl methyl sites for hydroxylation is 3. The molecule has 0 atom stereocenters. The van der Waals surface area contributed by atoms with Crippen LogP contribution in [0.15, 0.2) is 30.5 Å². The van der Waals surface area contributed by atoms with Gasteiger partial charge in [0.25, 0.3) is 0 Å². The van der Waals surface area contributed by atoms with Crippen LogP contribution in [-0.4, -0.2) is 0 Å². The van der Waals surface area contributed by atoms with Gasteiger partial charge in [-0.05, 0) is 54.9 Å². The Labute approximate surface area is 149 Å². The Balaban J connectivity index is 2.78. The molecule has 4 heteroatoms. The molecule has 130 valence electrons. The molecule has 0 saturated heterocycles. The molecule has 1 nitrogen and oxygen atoms in total. The number of alkyl halides is 3. The summed E-state index contributed by atoms with van der Waals surface area (Å²) < 4.78 is 81.3. The summed E-state index contributed by atoms with van der Waals surface area (Å²) in [6.45, 7) is 4.00. The van der Waals surface area contributed by atoms with E-state index in [0.29, 0.717) is 16.8 Å².